The van der Waals surface area contributed by atoms with Gasteiger partial charge in [0.25, 0.3) is 0 Å². The van der Waals surface area contributed by atoms with Crippen molar-refractivity contribution in [3.63, 3.8) is 0 Å². The fourth-order valence-corrected chi connectivity index (χ4v) is 3.55. The van der Waals surface area contributed by atoms with Crippen LogP contribution in [0.4, 0.5) is 0 Å². The monoisotopic (exact) mass is 406 g/mol. The summed E-state index contributed by atoms with van der Waals surface area (Å²) >= 11 is 0. The SMILES string of the molecule is COC(=O)c1cc(-c2cc(C)ccc2OC)c(OC)c(-c2cc(C)ccc2OC)c1. The second-order valence-electron chi connectivity index (χ2n) is 7.00. The molecule has 0 aliphatic rings. The average molecular weight is 406 g/mol. The van der Waals surface area contributed by atoms with Crippen molar-refractivity contribution in [2.45, 2.75) is 13.8 Å². The van der Waals surface area contributed by atoms with Crippen molar-refractivity contribution in [2.24, 2.45) is 0 Å². The topological polar surface area (TPSA) is 54.0 Å². The number of aryl methyl sites for hydroxylation is 2. The van der Waals surface area contributed by atoms with Crippen molar-refractivity contribution in [2.75, 3.05) is 28.4 Å². The lowest BCUT2D eigenvalue weighted by atomic mass is 9.92. The minimum Gasteiger partial charge on any atom is -0.496 e. The third-order valence-corrected chi connectivity index (χ3v) is 5.00. The van der Waals surface area contributed by atoms with Gasteiger partial charge in [-0.25, -0.2) is 4.79 Å². The average Bonchev–Trinajstić information content (AvgIpc) is 2.77. The Morgan fingerprint density at radius 1 is 0.633 bits per heavy atom. The highest BCUT2D eigenvalue weighted by Gasteiger charge is 2.22. The smallest absolute Gasteiger partial charge is 0.337 e. The van der Waals surface area contributed by atoms with Gasteiger partial charge in [0.05, 0.1) is 34.0 Å². The minimum atomic E-state index is -0.432. The van der Waals surface area contributed by atoms with Crippen molar-refractivity contribution < 1.29 is 23.7 Å². The Kier molecular flexibility index (Phi) is 6.31. The summed E-state index contributed by atoms with van der Waals surface area (Å²) in [6.45, 7) is 4.01. The molecule has 0 unspecified atom stereocenters. The molecule has 0 amide bonds. The van der Waals surface area contributed by atoms with Gasteiger partial charge in [-0.2, -0.15) is 0 Å². The number of benzene rings is 3. The highest BCUT2D eigenvalue weighted by molar-refractivity contribution is 5.97. The number of ether oxygens (including phenoxy) is 4. The quantitative estimate of drug-likeness (QED) is 0.510. The van der Waals surface area contributed by atoms with Crippen molar-refractivity contribution in [3.8, 4) is 39.5 Å². The maximum absolute atomic E-state index is 12.5. The van der Waals surface area contributed by atoms with Crippen molar-refractivity contribution >= 4 is 5.97 Å². The van der Waals surface area contributed by atoms with Crippen molar-refractivity contribution in [1.29, 1.82) is 0 Å². The Bertz CT molecular complexity index is 1010. The van der Waals surface area contributed by atoms with Gasteiger partial charge >= 0.3 is 5.97 Å². The third-order valence-electron chi connectivity index (χ3n) is 5.00. The summed E-state index contributed by atoms with van der Waals surface area (Å²) in [6.07, 6.45) is 0. The van der Waals surface area contributed by atoms with E-state index in [4.69, 9.17) is 18.9 Å². The molecule has 0 bridgehead atoms. The predicted molar refractivity (Wildman–Crippen MR) is 118 cm³/mol. The minimum absolute atomic E-state index is 0.412. The van der Waals surface area contributed by atoms with Crippen LogP contribution in [0, 0.1) is 13.8 Å². The molecule has 0 fully saturated rings. The van der Waals surface area contributed by atoms with E-state index in [-0.39, 0.29) is 0 Å². The largest absolute Gasteiger partial charge is 0.496 e. The first-order valence-corrected chi connectivity index (χ1v) is 9.53. The number of esters is 1. The second kappa shape index (κ2) is 8.91. The zero-order valence-electron chi connectivity index (χ0n) is 18.2. The van der Waals surface area contributed by atoms with E-state index in [1.807, 2.05) is 50.2 Å². The van der Waals surface area contributed by atoms with Crippen LogP contribution in [0.25, 0.3) is 22.3 Å². The fourth-order valence-electron chi connectivity index (χ4n) is 3.55. The standard InChI is InChI=1S/C25H26O5/c1-15-7-9-22(27-3)18(11-15)20-13-17(25(26)30-6)14-21(24(20)29-5)19-12-16(2)8-10-23(19)28-4/h7-14H,1-6H3. The Labute approximate surface area is 177 Å². The summed E-state index contributed by atoms with van der Waals surface area (Å²) in [6, 6.07) is 15.3. The van der Waals surface area contributed by atoms with Crippen LogP contribution in [0.1, 0.15) is 21.5 Å². The highest BCUT2D eigenvalue weighted by Crippen LogP contribution is 2.46. The number of rotatable bonds is 6. The molecule has 0 saturated heterocycles. The van der Waals surface area contributed by atoms with Crippen LogP contribution in [-0.4, -0.2) is 34.4 Å². The van der Waals surface area contributed by atoms with Crippen LogP contribution in [0.15, 0.2) is 48.5 Å². The molecule has 0 aliphatic carbocycles. The van der Waals surface area contributed by atoms with E-state index in [2.05, 4.69) is 0 Å². The van der Waals surface area contributed by atoms with Crippen LogP contribution < -0.4 is 14.2 Å². The van der Waals surface area contributed by atoms with Crippen LogP contribution >= 0.6 is 0 Å². The van der Waals surface area contributed by atoms with Crippen LogP contribution in [0.5, 0.6) is 17.2 Å². The van der Waals surface area contributed by atoms with Gasteiger partial charge in [-0.1, -0.05) is 23.3 Å². The van der Waals surface area contributed by atoms with Gasteiger partial charge in [-0.05, 0) is 50.2 Å². The number of hydrogen-bond acceptors (Lipinski definition) is 5. The first-order chi connectivity index (χ1) is 14.4. The van der Waals surface area contributed by atoms with E-state index in [9.17, 15) is 4.79 Å². The predicted octanol–water partition coefficient (Wildman–Crippen LogP) is 5.45. The van der Waals surface area contributed by atoms with Crippen LogP contribution in [0.3, 0.4) is 0 Å². The van der Waals surface area contributed by atoms with E-state index >= 15 is 0 Å². The Morgan fingerprint density at radius 2 is 1.10 bits per heavy atom. The Hall–Kier alpha value is -3.47. The van der Waals surface area contributed by atoms with Gasteiger partial charge < -0.3 is 18.9 Å². The molecule has 0 aliphatic heterocycles. The summed E-state index contributed by atoms with van der Waals surface area (Å²) < 4.78 is 22.1. The molecule has 0 N–H and O–H groups in total. The number of carbonyl (C=O) groups excluding carboxylic acids is 1. The van der Waals surface area contributed by atoms with Gasteiger partial charge in [0, 0.05) is 22.3 Å². The maximum atomic E-state index is 12.5. The van der Waals surface area contributed by atoms with E-state index < -0.39 is 5.97 Å². The molecule has 5 heteroatoms. The molecule has 156 valence electrons. The number of hydrogen-bond donors (Lipinski definition) is 0. The van der Waals surface area contributed by atoms with Gasteiger partial charge in [-0.3, -0.25) is 0 Å². The summed E-state index contributed by atoms with van der Waals surface area (Å²) in [4.78, 5) is 12.5. The molecule has 0 saturated carbocycles. The third kappa shape index (κ3) is 3.96. The molecule has 3 aromatic rings. The maximum Gasteiger partial charge on any atom is 0.337 e. The highest BCUT2D eigenvalue weighted by atomic mass is 16.5. The molecule has 0 radical (unpaired) electrons. The lowest BCUT2D eigenvalue weighted by Gasteiger charge is -2.19. The zero-order chi connectivity index (χ0) is 21.8. The molecular formula is C25H26O5. The number of methoxy groups -OCH3 is 4. The second-order valence-corrected chi connectivity index (χ2v) is 7.00. The zero-order valence-corrected chi connectivity index (χ0v) is 18.2. The molecule has 0 aromatic heterocycles. The van der Waals surface area contributed by atoms with E-state index in [1.54, 1.807) is 33.5 Å². The van der Waals surface area contributed by atoms with Gasteiger partial charge in [0.2, 0.25) is 0 Å². The first-order valence-electron chi connectivity index (χ1n) is 9.53. The van der Waals surface area contributed by atoms with Gasteiger partial charge in [0.15, 0.2) is 0 Å². The normalized spacial score (nSPS) is 10.5. The van der Waals surface area contributed by atoms with Crippen molar-refractivity contribution in [3.05, 3.63) is 65.2 Å². The fraction of sp³-hybridized carbons (Fsp3) is 0.240. The molecule has 3 aromatic carbocycles. The molecule has 3 rings (SSSR count). The lowest BCUT2D eigenvalue weighted by molar-refractivity contribution is 0.0601. The molecular weight excluding hydrogens is 380 g/mol. The molecule has 30 heavy (non-hydrogen) atoms. The van der Waals surface area contributed by atoms with Gasteiger partial charge in [0.1, 0.15) is 17.2 Å². The summed E-state index contributed by atoms with van der Waals surface area (Å²) in [5, 5.41) is 0. The van der Waals surface area contributed by atoms with E-state index in [0.29, 0.717) is 22.8 Å². The Balaban J connectivity index is 2.43. The Morgan fingerprint density at radius 3 is 1.47 bits per heavy atom. The molecule has 0 atom stereocenters. The van der Waals surface area contributed by atoms with Gasteiger partial charge in [-0.15, -0.1) is 0 Å². The van der Waals surface area contributed by atoms with Crippen molar-refractivity contribution in [1.82, 2.24) is 0 Å². The summed E-state index contributed by atoms with van der Waals surface area (Å²) in [7, 11) is 6.22. The first kappa shape index (κ1) is 21.2. The lowest BCUT2D eigenvalue weighted by Crippen LogP contribution is -2.04. The van der Waals surface area contributed by atoms with Crippen LogP contribution in [0.2, 0.25) is 0 Å². The molecule has 0 heterocycles. The molecule has 0 spiro atoms. The van der Waals surface area contributed by atoms with E-state index in [0.717, 1.165) is 33.4 Å². The van der Waals surface area contributed by atoms with Crippen LogP contribution in [-0.2, 0) is 4.74 Å². The summed E-state index contributed by atoms with van der Waals surface area (Å²) in [5.41, 5.74) is 5.66. The molecule has 5 nitrogen and oxygen atoms in total. The number of carbonyl (C=O) groups is 1. The summed E-state index contributed by atoms with van der Waals surface area (Å²) in [5.74, 6) is 1.56. The van der Waals surface area contributed by atoms with E-state index in [1.165, 1.54) is 7.11 Å².